The molecule has 2 heterocycles. The number of fused-ring (bicyclic) bond motifs is 1. The van der Waals surface area contributed by atoms with Crippen LogP contribution in [0.2, 0.25) is 0 Å². The molecule has 0 radical (unpaired) electrons. The lowest BCUT2D eigenvalue weighted by Gasteiger charge is -2.03. The van der Waals surface area contributed by atoms with Crippen LogP contribution in [0.25, 0.3) is 11.2 Å². The number of hydrogen-bond acceptors (Lipinski definition) is 5. The average Bonchev–Trinajstić information content (AvgIpc) is 2.99. The normalized spacial score (nSPS) is 11.7. The summed E-state index contributed by atoms with van der Waals surface area (Å²) in [5, 5.41) is 8.76. The number of imidazole rings is 1. The fourth-order valence-corrected chi connectivity index (χ4v) is 2.20. The van der Waals surface area contributed by atoms with Gasteiger partial charge in [-0.3, -0.25) is 4.79 Å². The average molecular weight is 321 g/mol. The Kier molecular flexibility index (Phi) is 4.50. The molecule has 3 rings (SSSR count). The molecule has 3 N–H and O–H groups in total. The van der Waals surface area contributed by atoms with Gasteiger partial charge in [0.1, 0.15) is 23.6 Å². The quantitative estimate of drug-likeness (QED) is 0.695. The molecule has 1 aromatic carbocycles. The second-order valence-corrected chi connectivity index (χ2v) is 5.20. The molecule has 7 nitrogen and oxygen atoms in total. The topological polar surface area (TPSA) is 107 Å². The number of rotatable bonds is 4. The van der Waals surface area contributed by atoms with E-state index in [0.717, 1.165) is 5.56 Å². The van der Waals surface area contributed by atoms with Gasteiger partial charge in [0.15, 0.2) is 5.65 Å². The van der Waals surface area contributed by atoms with E-state index in [2.05, 4.69) is 26.8 Å². The molecule has 0 amide bonds. The number of benzene rings is 1. The Bertz CT molecular complexity index is 924. The molecule has 0 aliphatic heterocycles. The van der Waals surface area contributed by atoms with E-state index in [4.69, 9.17) is 10.8 Å². The SMILES string of the molecule is N[C@H](CC#Cc1ncnc2c1ncn2Cc1ccccc1)C(=O)O. The van der Waals surface area contributed by atoms with Crippen LogP contribution in [0.3, 0.4) is 0 Å². The maximum atomic E-state index is 10.7. The molecular formula is C17H15N5O2. The second kappa shape index (κ2) is 6.89. The molecule has 0 saturated heterocycles. The first-order valence-electron chi connectivity index (χ1n) is 7.32. The molecule has 7 heteroatoms. The molecule has 0 saturated carbocycles. The lowest BCUT2D eigenvalue weighted by atomic mass is 10.2. The highest BCUT2D eigenvalue weighted by Gasteiger charge is 2.10. The number of hydrogen-bond donors (Lipinski definition) is 2. The van der Waals surface area contributed by atoms with Gasteiger partial charge in [0.25, 0.3) is 0 Å². The molecule has 0 aliphatic rings. The van der Waals surface area contributed by atoms with E-state index >= 15 is 0 Å². The third kappa shape index (κ3) is 3.39. The number of nitrogens with zero attached hydrogens (tertiary/aromatic N) is 4. The van der Waals surface area contributed by atoms with E-state index in [1.54, 1.807) is 6.33 Å². The molecule has 24 heavy (non-hydrogen) atoms. The van der Waals surface area contributed by atoms with Crippen molar-refractivity contribution in [2.24, 2.45) is 5.73 Å². The van der Waals surface area contributed by atoms with Crippen molar-refractivity contribution in [3.05, 3.63) is 54.2 Å². The fraction of sp³-hybridized carbons (Fsp3) is 0.176. The van der Waals surface area contributed by atoms with Crippen molar-refractivity contribution in [1.82, 2.24) is 19.5 Å². The monoisotopic (exact) mass is 321 g/mol. The van der Waals surface area contributed by atoms with Gasteiger partial charge in [0.05, 0.1) is 12.9 Å². The van der Waals surface area contributed by atoms with E-state index in [1.807, 2.05) is 34.9 Å². The lowest BCUT2D eigenvalue weighted by Crippen LogP contribution is -2.29. The van der Waals surface area contributed by atoms with Crippen molar-refractivity contribution in [3.8, 4) is 11.8 Å². The smallest absolute Gasteiger partial charge is 0.321 e. The first-order chi connectivity index (χ1) is 11.6. The van der Waals surface area contributed by atoms with Crippen LogP contribution in [0, 0.1) is 11.8 Å². The van der Waals surface area contributed by atoms with E-state index in [-0.39, 0.29) is 6.42 Å². The number of nitrogens with two attached hydrogens (primary N) is 1. The lowest BCUT2D eigenvalue weighted by molar-refractivity contribution is -0.138. The summed E-state index contributed by atoms with van der Waals surface area (Å²) in [4.78, 5) is 23.4. The number of aromatic nitrogens is 4. The first kappa shape index (κ1) is 15.6. The molecule has 2 aromatic heterocycles. The number of carboxylic acids is 1. The highest BCUT2D eigenvalue weighted by molar-refractivity contribution is 5.76. The Hall–Kier alpha value is -3.24. The predicted octanol–water partition coefficient (Wildman–Crippen LogP) is 1.03. The zero-order valence-corrected chi connectivity index (χ0v) is 12.8. The minimum Gasteiger partial charge on any atom is -0.480 e. The predicted molar refractivity (Wildman–Crippen MR) is 88.0 cm³/mol. The third-order valence-electron chi connectivity index (χ3n) is 3.44. The number of carbonyl (C=O) groups is 1. The van der Waals surface area contributed by atoms with Gasteiger partial charge in [-0.1, -0.05) is 36.3 Å². The summed E-state index contributed by atoms with van der Waals surface area (Å²) in [6, 6.07) is 8.97. The zero-order chi connectivity index (χ0) is 16.9. The van der Waals surface area contributed by atoms with Crippen LogP contribution in [-0.4, -0.2) is 36.6 Å². The van der Waals surface area contributed by atoms with Crippen LogP contribution in [-0.2, 0) is 11.3 Å². The summed E-state index contributed by atoms with van der Waals surface area (Å²) in [5.41, 5.74) is 8.29. The van der Waals surface area contributed by atoms with Gasteiger partial charge in [-0.2, -0.15) is 0 Å². The minimum atomic E-state index is -1.08. The van der Waals surface area contributed by atoms with Crippen molar-refractivity contribution in [1.29, 1.82) is 0 Å². The third-order valence-corrected chi connectivity index (χ3v) is 3.44. The van der Waals surface area contributed by atoms with Crippen molar-refractivity contribution in [2.75, 3.05) is 0 Å². The number of carboxylic acid groups (broad SMARTS) is 1. The molecule has 0 aliphatic carbocycles. The van der Waals surface area contributed by atoms with Crippen LogP contribution in [0.1, 0.15) is 17.7 Å². The highest BCUT2D eigenvalue weighted by atomic mass is 16.4. The second-order valence-electron chi connectivity index (χ2n) is 5.20. The van der Waals surface area contributed by atoms with E-state index in [9.17, 15) is 4.79 Å². The van der Waals surface area contributed by atoms with Gasteiger partial charge >= 0.3 is 5.97 Å². The van der Waals surface area contributed by atoms with Gasteiger partial charge in [0, 0.05) is 6.42 Å². The summed E-state index contributed by atoms with van der Waals surface area (Å²) >= 11 is 0. The van der Waals surface area contributed by atoms with Crippen molar-refractivity contribution in [2.45, 2.75) is 19.0 Å². The van der Waals surface area contributed by atoms with Crippen LogP contribution in [0.15, 0.2) is 43.0 Å². The Morgan fingerprint density at radius 3 is 2.79 bits per heavy atom. The summed E-state index contributed by atoms with van der Waals surface area (Å²) in [6.45, 7) is 0.644. The van der Waals surface area contributed by atoms with Gasteiger partial charge < -0.3 is 15.4 Å². The maximum Gasteiger partial charge on any atom is 0.321 e. The molecular weight excluding hydrogens is 306 g/mol. The van der Waals surface area contributed by atoms with Crippen molar-refractivity contribution < 1.29 is 9.90 Å². The van der Waals surface area contributed by atoms with Gasteiger partial charge in [-0.15, -0.1) is 0 Å². The molecule has 120 valence electrons. The Balaban J connectivity index is 1.87. The highest BCUT2D eigenvalue weighted by Crippen LogP contribution is 2.14. The Labute approximate surface area is 138 Å². The molecule has 3 aromatic rings. The number of aliphatic carboxylic acids is 1. The minimum absolute atomic E-state index is 0.0472. The molecule has 0 spiro atoms. The summed E-state index contributed by atoms with van der Waals surface area (Å²) in [6.07, 6.45) is 3.17. The van der Waals surface area contributed by atoms with Crippen LogP contribution in [0.4, 0.5) is 0 Å². The molecule has 0 unspecified atom stereocenters. The van der Waals surface area contributed by atoms with Gasteiger partial charge in [0.2, 0.25) is 0 Å². The van der Waals surface area contributed by atoms with E-state index in [1.165, 1.54) is 6.33 Å². The van der Waals surface area contributed by atoms with E-state index < -0.39 is 12.0 Å². The zero-order valence-electron chi connectivity index (χ0n) is 12.8. The molecule has 1 atom stereocenters. The Morgan fingerprint density at radius 1 is 1.25 bits per heavy atom. The Morgan fingerprint density at radius 2 is 2.04 bits per heavy atom. The van der Waals surface area contributed by atoms with Gasteiger partial charge in [-0.05, 0) is 11.5 Å². The van der Waals surface area contributed by atoms with E-state index in [0.29, 0.717) is 23.4 Å². The fourth-order valence-electron chi connectivity index (χ4n) is 2.20. The summed E-state index contributed by atoms with van der Waals surface area (Å²) in [5.74, 6) is 4.49. The molecule has 0 bridgehead atoms. The van der Waals surface area contributed by atoms with Crippen LogP contribution >= 0.6 is 0 Å². The standard InChI is InChI=1S/C17H15N5O2/c18-13(17(23)24)7-4-8-14-15-16(20-10-19-14)22(11-21-15)9-12-5-2-1-3-6-12/h1-3,5-6,10-11,13H,7,9,18H2,(H,23,24)/t13-/m1/s1. The van der Waals surface area contributed by atoms with Crippen molar-refractivity contribution >= 4 is 17.1 Å². The molecule has 0 fully saturated rings. The first-order valence-corrected chi connectivity index (χ1v) is 7.32. The summed E-state index contributed by atoms with van der Waals surface area (Å²) in [7, 11) is 0. The van der Waals surface area contributed by atoms with Crippen LogP contribution in [0.5, 0.6) is 0 Å². The largest absolute Gasteiger partial charge is 0.480 e. The maximum absolute atomic E-state index is 10.7. The summed E-state index contributed by atoms with van der Waals surface area (Å²) < 4.78 is 1.92. The van der Waals surface area contributed by atoms with Crippen LogP contribution < -0.4 is 5.73 Å². The van der Waals surface area contributed by atoms with Crippen molar-refractivity contribution in [3.63, 3.8) is 0 Å². The van der Waals surface area contributed by atoms with Gasteiger partial charge in [-0.25, -0.2) is 15.0 Å².